The molecule has 31 heteroatoms. The average Bonchev–Trinajstić information content (AvgIpc) is 1.62. The van der Waals surface area contributed by atoms with Gasteiger partial charge in [-0.3, -0.25) is 37.8 Å². The summed E-state index contributed by atoms with van der Waals surface area (Å²) in [5.74, 6) is -3.04. The summed E-state index contributed by atoms with van der Waals surface area (Å²) in [5, 5.41) is -0.00872. The van der Waals surface area contributed by atoms with E-state index in [4.69, 9.17) is 37.3 Å². The van der Waals surface area contributed by atoms with Gasteiger partial charge in [0.1, 0.15) is 62.3 Å². The van der Waals surface area contributed by atoms with Crippen LogP contribution in [0.4, 0.5) is 4.39 Å². The first-order valence-corrected chi connectivity index (χ1v) is 37.6. The predicted octanol–water partition coefficient (Wildman–Crippen LogP) is 8.64. The van der Waals surface area contributed by atoms with Gasteiger partial charge in [0.2, 0.25) is 31.8 Å². The zero-order valence-corrected chi connectivity index (χ0v) is 59.5. The molecule has 4 saturated heterocycles. The van der Waals surface area contributed by atoms with Gasteiger partial charge in [0.05, 0.1) is 106 Å². The lowest BCUT2D eigenvalue weighted by Gasteiger charge is -2.33. The van der Waals surface area contributed by atoms with E-state index in [-0.39, 0.29) is 123 Å². The minimum Gasteiger partial charge on any atom is -0.496 e. The summed E-state index contributed by atoms with van der Waals surface area (Å²) in [7, 11) is -6.09. The van der Waals surface area contributed by atoms with Crippen LogP contribution in [0.5, 0.6) is 11.5 Å². The lowest BCUT2D eigenvalue weighted by atomic mass is 10.0. The van der Waals surface area contributed by atoms with Gasteiger partial charge in [-0.05, 0) is 161 Å². The maximum atomic E-state index is 15.5. The van der Waals surface area contributed by atoms with Gasteiger partial charge < -0.3 is 37.3 Å². The number of hydrogen-bond acceptors (Lipinski definition) is 22. The summed E-state index contributed by atoms with van der Waals surface area (Å²) < 4.78 is 128. The Kier molecular flexibility index (Phi) is 17.2. The van der Waals surface area contributed by atoms with Crippen molar-refractivity contribution in [2.75, 3.05) is 14.2 Å². The number of hydrogen-bond donors (Lipinski definition) is 2. The van der Waals surface area contributed by atoms with Crippen molar-refractivity contribution < 1.29 is 68.1 Å². The molecule has 8 aromatic rings. The SMILES string of the molecule is COc1ccccc1[C@H](Cn1c(=O)n(C(C)(C)C(=O)NS(=O)(=O)C2(C)CC2c2cnc(-c3sc4c(c3C)c(=O)n(C(C)(C)C(=O)NS(=O)(=O)C3(C)CC3)c(=O)n4C[C@H](O[C@@H]3CC4CC[C@@H](C3)O4)c3cc(F)ccc3OC)o2)c(=O)c2c(C)c(-c3ncco3)sc21)O[C@@H]1C[C@H]2CC[C@@H](C1)O2. The van der Waals surface area contributed by atoms with Crippen molar-refractivity contribution in [3.63, 3.8) is 0 Å². The van der Waals surface area contributed by atoms with E-state index < -0.39 is 105 Å². The van der Waals surface area contributed by atoms with Crippen molar-refractivity contribution in [3.05, 3.63) is 137 Å². The number of benzene rings is 2. The number of aromatic nitrogens is 6. The first kappa shape index (κ1) is 68.5. The molecule has 10 atom stereocenters. The lowest BCUT2D eigenvalue weighted by molar-refractivity contribution is -0.127. The second-order valence-corrected chi connectivity index (χ2v) is 34.8. The first-order valence-electron chi connectivity index (χ1n) is 33.0. The number of carbonyl (C=O) groups is 2. The molecule has 6 aromatic heterocycles. The van der Waals surface area contributed by atoms with Gasteiger partial charge in [-0.25, -0.2) is 49.9 Å². The number of amides is 2. The summed E-state index contributed by atoms with van der Waals surface area (Å²) in [6.07, 6.45) is 7.45. The summed E-state index contributed by atoms with van der Waals surface area (Å²) in [6, 6.07) is 11.1. The van der Waals surface area contributed by atoms with Gasteiger partial charge >= 0.3 is 11.4 Å². The van der Waals surface area contributed by atoms with Crippen LogP contribution >= 0.6 is 22.7 Å². The van der Waals surface area contributed by atoms with E-state index in [0.29, 0.717) is 52.0 Å². The molecule has 2 N–H and O–H groups in total. The molecule has 6 fully saturated rings. The monoisotopic (exact) mass is 1440 g/mol. The molecule has 4 bridgehead atoms. The molecule has 6 aliphatic rings. The fourth-order valence-corrected chi connectivity index (χ4v) is 20.1. The fourth-order valence-electron chi connectivity index (χ4n) is 14.7. The Labute approximate surface area is 575 Å². The minimum atomic E-state index is -4.74. The van der Waals surface area contributed by atoms with E-state index in [9.17, 15) is 26.4 Å². The highest BCUT2D eigenvalue weighted by Gasteiger charge is 2.63. The molecule has 4 aliphatic heterocycles. The van der Waals surface area contributed by atoms with Crippen LogP contribution in [0.3, 0.4) is 0 Å². The van der Waals surface area contributed by atoms with Crippen molar-refractivity contribution in [1.29, 1.82) is 0 Å². The number of methoxy groups -OCH3 is 2. The standard InChI is InChI=1S/C68H77FN8O18S4/c1-34-51-57(78)77(63(82)74(59(51)96-53(34)55-70-23-24-90-55)32-49(43-13-11-12-14-46(43)88-9)93-41-26-37-16-17-38(27-41)91-37)66(5,6)62(81)73-99(86,87)68(8)30-45(68)48-31-71-56(95-48)54-35(2)52-58(79)76(65(3,4)61(80)72-98(84,85)67(7)21-22-67)64(83)75(60(52)97-54)33-50(44-25-36(69)15-20-47(44)89-10)94-42-28-39-18-19-40(29-42)92-39/h11-15,20,23-25,31,37-42,45,49-50H,16-19,21-22,26-30,32-33H2,1-10H3,(H,72,80)(H,73,81)/t37-,38+,39-,40?,41-,42-,45?,49-,50-,68?/m0/s1. The third-order valence-electron chi connectivity index (χ3n) is 21.1. The topological polar surface area (TPSA) is 322 Å². The maximum absolute atomic E-state index is 15.5. The van der Waals surface area contributed by atoms with Crippen LogP contribution in [0.25, 0.3) is 42.0 Å². The summed E-state index contributed by atoms with van der Waals surface area (Å²) >= 11 is 2.03. The van der Waals surface area contributed by atoms with Crippen LogP contribution in [0.1, 0.15) is 158 Å². The van der Waals surface area contributed by atoms with Gasteiger partial charge in [0, 0.05) is 17.0 Å². The second kappa shape index (κ2) is 24.9. The smallest absolute Gasteiger partial charge is 0.333 e. The van der Waals surface area contributed by atoms with Crippen LogP contribution < -0.4 is 41.4 Å². The second-order valence-electron chi connectivity index (χ2n) is 28.4. The van der Waals surface area contributed by atoms with Crippen molar-refractivity contribution in [3.8, 4) is 33.0 Å². The number of nitrogens with one attached hydrogen (secondary N) is 2. The van der Waals surface area contributed by atoms with E-state index in [1.54, 1.807) is 19.9 Å². The number of fused-ring (bicyclic) bond motifs is 6. The molecule has 3 unspecified atom stereocenters. The van der Waals surface area contributed by atoms with Gasteiger partial charge in [0.15, 0.2) is 0 Å². The molecule has 2 aliphatic carbocycles. The third-order valence-corrected chi connectivity index (χ3v) is 28.0. The molecule has 14 rings (SSSR count). The van der Waals surface area contributed by atoms with Gasteiger partial charge in [-0.2, -0.15) is 0 Å². The van der Waals surface area contributed by atoms with E-state index in [0.717, 1.165) is 52.9 Å². The first-order chi connectivity index (χ1) is 46.9. The van der Waals surface area contributed by atoms with Crippen molar-refractivity contribution in [2.45, 2.75) is 214 Å². The predicted molar refractivity (Wildman–Crippen MR) is 363 cm³/mol. The maximum Gasteiger partial charge on any atom is 0.333 e. The molecule has 2 aromatic carbocycles. The highest BCUT2D eigenvalue weighted by atomic mass is 32.2. The molecular formula is C68H77FN8O18S4. The average molecular weight is 1440 g/mol. The molecule has 0 spiro atoms. The molecule has 10 heterocycles. The number of aryl methyl sites for hydroxylation is 2. The van der Waals surface area contributed by atoms with E-state index >= 15 is 23.6 Å². The van der Waals surface area contributed by atoms with Crippen LogP contribution in [0, 0.1) is 19.7 Å². The number of thiophene rings is 2. The van der Waals surface area contributed by atoms with Crippen molar-refractivity contribution in [2.24, 2.45) is 0 Å². The Hall–Kier alpha value is -7.65. The van der Waals surface area contributed by atoms with Gasteiger partial charge in [-0.1, -0.05) is 18.2 Å². The molecule has 2 amide bonds. The summed E-state index contributed by atoms with van der Waals surface area (Å²) in [4.78, 5) is 101. The number of halogens is 1. The largest absolute Gasteiger partial charge is 0.496 e. The number of para-hydroxylation sites is 1. The highest BCUT2D eigenvalue weighted by molar-refractivity contribution is 7.92. The molecule has 99 heavy (non-hydrogen) atoms. The fraction of sp³-hybridized carbons (Fsp3) is 0.529. The summed E-state index contributed by atoms with van der Waals surface area (Å²) in [6.45, 7) is 10.7. The zero-order chi connectivity index (χ0) is 70.4. The number of oxazole rings is 2. The Bertz CT molecular complexity index is 5060. The van der Waals surface area contributed by atoms with Crippen LogP contribution in [-0.2, 0) is 72.8 Å². The normalized spacial score (nSPS) is 24.1. The van der Waals surface area contributed by atoms with Crippen LogP contribution in [0.2, 0.25) is 0 Å². The number of nitrogens with zero attached hydrogens (tertiary/aromatic N) is 6. The number of ether oxygens (including phenoxy) is 6. The Morgan fingerprint density at radius 2 is 1.17 bits per heavy atom. The Morgan fingerprint density at radius 3 is 1.67 bits per heavy atom. The van der Waals surface area contributed by atoms with E-state index in [1.807, 2.05) is 18.2 Å². The van der Waals surface area contributed by atoms with Crippen LogP contribution in [-0.4, -0.2) is 117 Å². The van der Waals surface area contributed by atoms with Crippen molar-refractivity contribution in [1.82, 2.24) is 37.7 Å². The number of carbonyl (C=O) groups excluding carboxylic acids is 2. The highest BCUT2D eigenvalue weighted by Crippen LogP contribution is 2.57. The Morgan fingerprint density at radius 1 is 0.687 bits per heavy atom. The molecule has 2 saturated carbocycles. The van der Waals surface area contributed by atoms with Crippen LogP contribution in [0.15, 0.2) is 89.1 Å². The number of rotatable bonds is 23. The number of sulfonamides is 2. The quantitative estimate of drug-likeness (QED) is 0.0605. The minimum absolute atomic E-state index is 0.00821. The van der Waals surface area contributed by atoms with E-state index in [1.165, 1.54) is 102 Å². The zero-order valence-electron chi connectivity index (χ0n) is 56.2. The van der Waals surface area contributed by atoms with Gasteiger partial charge in [-0.15, -0.1) is 22.7 Å². The molecule has 0 radical (unpaired) electrons. The molecule has 528 valence electrons. The molecular weight excluding hydrogens is 1360 g/mol. The summed E-state index contributed by atoms with van der Waals surface area (Å²) in [5.41, 5.74) is -6.66. The van der Waals surface area contributed by atoms with Gasteiger partial charge in [0.25, 0.3) is 22.9 Å². The van der Waals surface area contributed by atoms with Crippen molar-refractivity contribution >= 4 is 75.0 Å². The Balaban J connectivity index is 0.798. The lowest BCUT2D eigenvalue weighted by Crippen LogP contribution is -2.57. The third kappa shape index (κ3) is 11.8. The van der Waals surface area contributed by atoms with E-state index in [2.05, 4.69) is 19.4 Å². The molecule has 26 nitrogen and oxygen atoms in total.